The van der Waals surface area contributed by atoms with Crippen LogP contribution in [0.2, 0.25) is 0 Å². The highest BCUT2D eigenvalue weighted by molar-refractivity contribution is 7.11. The van der Waals surface area contributed by atoms with Gasteiger partial charge < -0.3 is 14.5 Å². The molecule has 34 heavy (non-hydrogen) atoms. The second-order valence-corrected chi connectivity index (χ2v) is 8.04. The van der Waals surface area contributed by atoms with Crippen LogP contribution in [-0.4, -0.2) is 16.7 Å². The van der Waals surface area contributed by atoms with Crippen LogP contribution in [-0.2, 0) is 0 Å². The third kappa shape index (κ3) is 4.90. The van der Waals surface area contributed by atoms with E-state index in [1.165, 1.54) is 30.5 Å². The zero-order valence-electron chi connectivity index (χ0n) is 17.0. The van der Waals surface area contributed by atoms with Crippen molar-refractivity contribution in [1.82, 2.24) is 4.98 Å². The van der Waals surface area contributed by atoms with Crippen LogP contribution in [0.15, 0.2) is 75.4 Å². The van der Waals surface area contributed by atoms with Gasteiger partial charge in [0.2, 0.25) is 0 Å². The summed E-state index contributed by atoms with van der Waals surface area (Å²) in [7, 11) is 0. The van der Waals surface area contributed by atoms with E-state index in [0.717, 1.165) is 11.3 Å². The molecule has 4 rings (SSSR count). The molecule has 0 bridgehead atoms. The molecule has 6 nitrogen and oxygen atoms in total. The van der Waals surface area contributed by atoms with Gasteiger partial charge in [-0.1, -0.05) is 41.9 Å². The Morgan fingerprint density at radius 3 is 2.76 bits per heavy atom. The van der Waals surface area contributed by atoms with Crippen molar-refractivity contribution in [3.63, 3.8) is 0 Å². The van der Waals surface area contributed by atoms with E-state index in [9.17, 15) is 23.2 Å². The Bertz CT molecular complexity index is 1480. The number of thiazole rings is 1. The van der Waals surface area contributed by atoms with E-state index in [0.29, 0.717) is 16.7 Å². The number of nitriles is 1. The third-order valence-corrected chi connectivity index (χ3v) is 5.66. The molecule has 0 aliphatic heterocycles. The number of nitrogens with one attached hydrogen (secondary N) is 1. The van der Waals surface area contributed by atoms with E-state index < -0.39 is 17.4 Å². The summed E-state index contributed by atoms with van der Waals surface area (Å²) in [5.41, 5.74) is -2.54. The van der Waals surface area contributed by atoms with E-state index in [4.69, 9.17) is 16.0 Å². The first-order chi connectivity index (χ1) is 16.3. The van der Waals surface area contributed by atoms with Crippen LogP contribution in [0.5, 0.6) is 5.75 Å². The number of hydrogen-bond donors (Lipinski definition) is 1. The monoisotopic (exact) mass is 503 g/mol. The highest BCUT2D eigenvalue weighted by Gasteiger charge is 2.42. The van der Waals surface area contributed by atoms with Crippen LogP contribution in [0.3, 0.4) is 0 Å². The summed E-state index contributed by atoms with van der Waals surface area (Å²) in [6, 6.07) is 16.2. The van der Waals surface area contributed by atoms with Crippen LogP contribution in [0.4, 0.5) is 18.9 Å². The van der Waals surface area contributed by atoms with Crippen LogP contribution < -0.4 is 15.7 Å². The van der Waals surface area contributed by atoms with Crippen molar-refractivity contribution in [2.45, 2.75) is 11.7 Å². The zero-order chi connectivity index (χ0) is 24.3. The topological polar surface area (TPSA) is 88.2 Å². The number of halogens is 4. The van der Waals surface area contributed by atoms with Gasteiger partial charge in [-0.25, -0.2) is 14.2 Å². The predicted molar refractivity (Wildman–Crippen MR) is 124 cm³/mol. The number of para-hydroxylation sites is 3. The zero-order valence-corrected chi connectivity index (χ0v) is 18.5. The fourth-order valence-corrected chi connectivity index (χ4v) is 3.75. The summed E-state index contributed by atoms with van der Waals surface area (Å²) in [5.74, 6) is -0.377. The summed E-state index contributed by atoms with van der Waals surface area (Å²) in [5, 5.41) is 14.8. The molecule has 1 N–H and O–H groups in total. The van der Waals surface area contributed by atoms with Crippen LogP contribution in [0.1, 0.15) is 5.01 Å². The van der Waals surface area contributed by atoms with Gasteiger partial charge in [0.05, 0.1) is 16.9 Å². The van der Waals surface area contributed by atoms with Crippen molar-refractivity contribution >= 4 is 45.2 Å². The van der Waals surface area contributed by atoms with Gasteiger partial charge in [-0.3, -0.25) is 0 Å². The normalized spacial score (nSPS) is 12.9. The lowest BCUT2D eigenvalue weighted by atomic mass is 10.1. The minimum Gasteiger partial charge on any atom is -0.427 e. The van der Waals surface area contributed by atoms with Gasteiger partial charge in [0.1, 0.15) is 28.0 Å². The lowest BCUT2D eigenvalue weighted by Crippen LogP contribution is -2.33. The summed E-state index contributed by atoms with van der Waals surface area (Å²) in [6.07, 6.45) is -3.02. The molecule has 2 heterocycles. The van der Waals surface area contributed by atoms with Gasteiger partial charge in [-0.2, -0.15) is 14.0 Å². The molecule has 1 atom stereocenters. The first-order valence-corrected chi connectivity index (χ1v) is 10.9. The predicted octanol–water partition coefficient (Wildman–Crippen LogP) is 6.40. The highest BCUT2D eigenvalue weighted by Crippen LogP contribution is 2.34. The van der Waals surface area contributed by atoms with Crippen LogP contribution in [0, 0.1) is 11.3 Å². The fourth-order valence-electron chi connectivity index (χ4n) is 2.92. The number of allylic oxidation sites excluding steroid dienone is 1. The third-order valence-electron chi connectivity index (χ3n) is 4.53. The Labute approximate surface area is 199 Å². The molecule has 0 spiro atoms. The number of benzene rings is 2. The maximum Gasteiger partial charge on any atom is 0.444 e. The molecule has 0 unspecified atom stereocenters. The van der Waals surface area contributed by atoms with Gasteiger partial charge in [-0.05, 0) is 24.3 Å². The van der Waals surface area contributed by atoms with Crippen molar-refractivity contribution in [2.24, 2.45) is 0 Å². The van der Waals surface area contributed by atoms with E-state index in [1.807, 2.05) is 6.07 Å². The molecular weight excluding hydrogens is 491 g/mol. The van der Waals surface area contributed by atoms with E-state index in [1.54, 1.807) is 35.7 Å². The molecule has 0 amide bonds. The Morgan fingerprint density at radius 1 is 1.26 bits per heavy atom. The number of rotatable bonds is 7. The minimum atomic E-state index is -4.26. The number of aromatic nitrogens is 1. The summed E-state index contributed by atoms with van der Waals surface area (Å²) in [4.78, 5) is 16.7. The average molecular weight is 504 g/mol. The minimum absolute atomic E-state index is 0.0409. The summed E-state index contributed by atoms with van der Waals surface area (Å²) < 4.78 is 49.8. The number of hydrogen-bond acceptors (Lipinski definition) is 7. The lowest BCUT2D eigenvalue weighted by Gasteiger charge is -2.19. The van der Waals surface area contributed by atoms with E-state index in [-0.39, 0.29) is 27.6 Å². The molecule has 0 aliphatic rings. The average Bonchev–Trinajstić information content (AvgIpc) is 3.29. The number of ether oxygens (including phenoxy) is 1. The molecule has 172 valence electrons. The molecule has 2 aromatic heterocycles. The van der Waals surface area contributed by atoms with Crippen molar-refractivity contribution in [3.05, 3.63) is 81.6 Å². The molecule has 0 fully saturated rings. The van der Waals surface area contributed by atoms with E-state index >= 15 is 0 Å². The number of anilines is 1. The molecule has 2 aromatic carbocycles. The molecule has 0 saturated carbocycles. The Kier molecular flexibility index (Phi) is 6.58. The fraction of sp³-hybridized carbons (Fsp3) is 0.0870. The molecule has 0 radical (unpaired) electrons. The molecule has 0 aliphatic carbocycles. The van der Waals surface area contributed by atoms with Gasteiger partial charge in [-0.15, -0.1) is 11.3 Å². The molecule has 4 aromatic rings. The summed E-state index contributed by atoms with van der Waals surface area (Å²) >= 11 is 5.95. The number of alkyl halides is 4. The van der Waals surface area contributed by atoms with Crippen LogP contribution in [0.25, 0.3) is 27.8 Å². The van der Waals surface area contributed by atoms with E-state index in [2.05, 4.69) is 15.0 Å². The molecule has 11 heteroatoms. The summed E-state index contributed by atoms with van der Waals surface area (Å²) in [6.45, 7) is 0. The maximum atomic E-state index is 13.6. The van der Waals surface area contributed by atoms with Gasteiger partial charge >= 0.3 is 11.7 Å². The van der Waals surface area contributed by atoms with Crippen molar-refractivity contribution < 1.29 is 22.3 Å². The smallest absolute Gasteiger partial charge is 0.427 e. The quantitative estimate of drug-likeness (QED) is 0.178. The van der Waals surface area contributed by atoms with Gasteiger partial charge in [0.25, 0.3) is 5.63 Å². The van der Waals surface area contributed by atoms with Crippen molar-refractivity contribution in [3.8, 4) is 23.1 Å². The molecule has 0 saturated heterocycles. The largest absolute Gasteiger partial charge is 0.444 e. The number of nitrogens with zero attached hydrogens (tertiary/aromatic N) is 2. The maximum absolute atomic E-state index is 13.6. The van der Waals surface area contributed by atoms with Gasteiger partial charge in [0, 0.05) is 17.0 Å². The van der Waals surface area contributed by atoms with Crippen LogP contribution >= 0.6 is 22.9 Å². The second kappa shape index (κ2) is 9.59. The standard InChI is InChI=1S/C23H13ClF3N3O3S/c24-22(25)23(26,27)33-19-8-4-2-6-16(19)29-11-14(10-28)20-30-17(12-34-20)15-9-13-5-1-3-7-18(13)32-21(15)31/h1-9,11-12,22,29H/b14-11+/t22-/m1/s1. The number of fused-ring (bicyclic) bond motifs is 1. The lowest BCUT2D eigenvalue weighted by molar-refractivity contribution is -0.198. The Hall–Kier alpha value is -3.81. The SMILES string of the molecule is N#C/C(=C\Nc1ccccc1OC(F)(F)[C@@H](F)Cl)c1nc(-c2cc3ccccc3oc2=O)cs1. The Balaban J connectivity index is 1.61. The highest BCUT2D eigenvalue weighted by atomic mass is 35.5. The second-order valence-electron chi connectivity index (χ2n) is 6.80. The van der Waals surface area contributed by atoms with Gasteiger partial charge in [0.15, 0.2) is 0 Å². The first-order valence-electron chi connectivity index (χ1n) is 9.58. The Morgan fingerprint density at radius 2 is 2.00 bits per heavy atom. The van der Waals surface area contributed by atoms with Crippen molar-refractivity contribution in [1.29, 1.82) is 5.26 Å². The molecular formula is C23H13ClF3N3O3S. The first kappa shape index (κ1) is 23.4. The van der Waals surface area contributed by atoms with Crippen molar-refractivity contribution in [2.75, 3.05) is 5.32 Å².